The van der Waals surface area contributed by atoms with Crippen molar-refractivity contribution in [2.45, 2.75) is 61.5 Å². The van der Waals surface area contributed by atoms with Crippen LogP contribution in [0, 0.1) is 0 Å². The summed E-state index contributed by atoms with van der Waals surface area (Å²) in [5.41, 5.74) is 18.6. The van der Waals surface area contributed by atoms with Crippen molar-refractivity contribution in [3.63, 3.8) is 0 Å². The van der Waals surface area contributed by atoms with Gasteiger partial charge in [0.25, 0.3) is 0 Å². The topological polar surface area (TPSA) is 413 Å². The largest absolute Gasteiger partial charge is 0.418 e. The van der Waals surface area contributed by atoms with Gasteiger partial charge in [0.2, 0.25) is 0 Å². The zero-order valence-corrected chi connectivity index (χ0v) is 55.4. The highest BCUT2D eigenvalue weighted by atomic mass is 32.3. The Labute approximate surface area is 554 Å². The molecule has 39 nitrogen and oxygen atoms in total. The number of hydrogen-bond donors (Lipinski definition) is 7. The maximum Gasteiger partial charge on any atom is 0.418 e. The average Bonchev–Trinajstić information content (AvgIpc) is 1.52. The molecule has 0 saturated carbocycles. The fourth-order valence-electron chi connectivity index (χ4n) is 13.2. The van der Waals surface area contributed by atoms with E-state index in [1.807, 2.05) is 74.8 Å². The van der Waals surface area contributed by atoms with Crippen LogP contribution in [0.4, 0.5) is 19.2 Å². The number of urea groups is 4. The lowest BCUT2D eigenvalue weighted by molar-refractivity contribution is -0.141. The number of nitrogens with zero attached hydrogens (tertiary/aromatic N) is 20. The lowest BCUT2D eigenvalue weighted by Crippen LogP contribution is -2.44. The van der Waals surface area contributed by atoms with E-state index in [2.05, 4.69) is 66.6 Å². The van der Waals surface area contributed by atoms with E-state index in [0.717, 1.165) is 50.0 Å². The Morgan fingerprint density at radius 2 is 0.784 bits per heavy atom. The Morgan fingerprint density at radius 1 is 0.485 bits per heavy atom. The van der Waals surface area contributed by atoms with Crippen molar-refractivity contribution in [3.8, 4) is 0 Å². The molecule has 8 atom stereocenters. The molecule has 0 spiro atoms. The van der Waals surface area contributed by atoms with Crippen molar-refractivity contribution in [1.82, 2.24) is 101 Å². The molecule has 40 heteroatoms. The van der Waals surface area contributed by atoms with Crippen LogP contribution in [0.3, 0.4) is 0 Å². The van der Waals surface area contributed by atoms with Crippen LogP contribution in [-0.2, 0) is 80.3 Å². The Bertz CT molecular complexity index is 4140. The number of benzene rings is 2. The molecule has 4 saturated heterocycles. The zero-order valence-electron chi connectivity index (χ0n) is 54.5. The monoisotopic (exact) mass is 1370 g/mol. The molecule has 7 N–H and O–H groups in total. The third-order valence-corrected chi connectivity index (χ3v) is 17.8. The molecule has 14 rings (SSSR count). The molecule has 0 unspecified atom stereocenters. The van der Waals surface area contributed by atoms with E-state index in [0.29, 0.717) is 66.7 Å². The highest BCUT2D eigenvalue weighted by Crippen LogP contribution is 2.48. The van der Waals surface area contributed by atoms with Crippen LogP contribution in [0.1, 0.15) is 104 Å². The van der Waals surface area contributed by atoms with Gasteiger partial charge in [-0.2, -0.15) is 49.1 Å². The predicted molar refractivity (Wildman–Crippen MR) is 336 cm³/mol. The number of nitrogens with one attached hydrogen (secondary N) is 4. The van der Waals surface area contributed by atoms with Gasteiger partial charge in [0.1, 0.15) is 84.9 Å². The molecule has 518 valence electrons. The van der Waals surface area contributed by atoms with E-state index < -0.39 is 52.7 Å². The fourth-order valence-corrected chi connectivity index (χ4v) is 13.6. The third-order valence-electron chi connectivity index (χ3n) is 17.5. The Morgan fingerprint density at radius 3 is 1.10 bits per heavy atom. The second kappa shape index (κ2) is 28.3. The highest BCUT2D eigenvalue weighted by Gasteiger charge is 2.56. The maximum atomic E-state index is 13.1. The SMILES string of the molecule is CN=C(NO)[C@@H]1c2c(cnn2C)[C@@H]2CN1C(=O)N2OCc1ccccc1.CN=C(NOC)[C@@H]1c2c(cnn2C)[C@@H]2CN1C(=O)N2O.CN=C(NOC)[C@@H]1c2c(cnn2C)[C@@H]2CN1C(=O)N2OCc1ccccc1.CN=C(NOC)[C@@H]1c2c(cnn2C)[C@@H]2CN1C(=O)N2OS(=O)(=O)O. The number of fused-ring (bicyclic) bond motifs is 16. The van der Waals surface area contributed by atoms with Crippen molar-refractivity contribution >= 4 is 57.9 Å². The van der Waals surface area contributed by atoms with Crippen molar-refractivity contribution in [3.05, 3.63) is 142 Å². The molecular formula is C57H74N24O15S. The minimum atomic E-state index is -4.85. The summed E-state index contributed by atoms with van der Waals surface area (Å²) in [6, 6.07) is 14.2. The lowest BCUT2D eigenvalue weighted by atomic mass is 9.97. The summed E-state index contributed by atoms with van der Waals surface area (Å²) in [6.45, 7) is 2.09. The van der Waals surface area contributed by atoms with Crippen LogP contribution in [0.5, 0.6) is 0 Å². The lowest BCUT2D eigenvalue weighted by Gasteiger charge is -2.31. The fraction of sp³-hybridized carbons (Fsp3) is 0.439. The van der Waals surface area contributed by atoms with Crippen LogP contribution in [-0.4, -0.2) is 226 Å². The number of hydroxylamine groups is 12. The van der Waals surface area contributed by atoms with E-state index in [1.165, 1.54) is 49.6 Å². The third kappa shape index (κ3) is 12.5. The first-order chi connectivity index (χ1) is 46.7. The van der Waals surface area contributed by atoms with E-state index in [9.17, 15) is 38.0 Å². The minimum Gasteiger partial charge on any atom is -0.304 e. The summed E-state index contributed by atoms with van der Waals surface area (Å²) in [4.78, 5) is 100. The van der Waals surface area contributed by atoms with Crippen LogP contribution >= 0.6 is 0 Å². The van der Waals surface area contributed by atoms with E-state index >= 15 is 0 Å². The molecule has 0 aliphatic carbocycles. The summed E-state index contributed by atoms with van der Waals surface area (Å²) in [6.07, 6.45) is 6.73. The van der Waals surface area contributed by atoms with Gasteiger partial charge in [-0.3, -0.25) is 99.8 Å². The normalized spacial score (nSPS) is 22.9. The number of rotatable bonds is 15. The number of amides is 8. The smallest absolute Gasteiger partial charge is 0.304 e. The van der Waals surface area contributed by atoms with Crippen molar-refractivity contribution in [2.75, 3.05) is 75.7 Å². The first-order valence-electron chi connectivity index (χ1n) is 30.0. The summed E-state index contributed by atoms with van der Waals surface area (Å²) in [7, 11) is 13.1. The molecule has 8 amide bonds. The summed E-state index contributed by atoms with van der Waals surface area (Å²) >= 11 is 0. The minimum absolute atomic E-state index is 0.141. The molecule has 2 aromatic carbocycles. The molecule has 12 heterocycles. The molecule has 0 radical (unpaired) electrons. The van der Waals surface area contributed by atoms with Crippen molar-refractivity contribution in [1.29, 1.82) is 0 Å². The summed E-state index contributed by atoms with van der Waals surface area (Å²) in [5.74, 6) is 1.65. The van der Waals surface area contributed by atoms with Gasteiger partial charge in [0.05, 0.1) is 95.1 Å². The molecule has 97 heavy (non-hydrogen) atoms. The van der Waals surface area contributed by atoms with Gasteiger partial charge < -0.3 is 19.6 Å². The number of carbonyl (C=O) groups is 4. The molecule has 8 aliphatic heterocycles. The van der Waals surface area contributed by atoms with Gasteiger partial charge in [-0.1, -0.05) is 60.7 Å². The van der Waals surface area contributed by atoms with E-state index in [-0.39, 0.29) is 42.6 Å². The number of carbonyl (C=O) groups excluding carboxylic acids is 4. The van der Waals surface area contributed by atoms with Gasteiger partial charge >= 0.3 is 34.5 Å². The second-order valence-electron chi connectivity index (χ2n) is 22.7. The molecule has 4 aromatic heterocycles. The number of amidine groups is 4. The zero-order chi connectivity index (χ0) is 69.3. The standard InChI is InChI=1S/C18H22N6O3.C17H20N6O3.C11H16N6O6S.C11H16N6O3/c1-19-17(21-26-3)16-15-13(9-20-22(15)2)14-10-23(16)18(25)24(14)27-11-12-7-5-4-6-8-12;1-18-16(20-25)15-14-12(8-19-21(14)2)13-9-22(15)17(24)23(13)26-10-11-6-4-3-5-7-11;1-12-10(14-22-3)9-8-6(4-13-15(8)2)7-5-16(9)11(18)17(7)23-24(19,20)21;1-12-10(14-20-3)9-8-6(4-13-15(8)2)7-5-16(9)11(18)17(7)19/h4-9,14,16H,10-11H2,1-3H3,(H,19,21);3-8,13,15,25H,9-10H2,1-2H3,(H,18,20);4,7,9H,5H2,1-3H3,(H,12,14)(H,19,20,21);4,7,9,19H,5H2,1-3H3,(H,12,14)/t14-,16-;13-,15-;2*7-,9-/m0000/s1. The van der Waals surface area contributed by atoms with Gasteiger partial charge in [0, 0.05) is 78.6 Å². The molecule has 6 aromatic rings. The Hall–Kier alpha value is -10.2. The first kappa shape index (κ1) is 68.2. The van der Waals surface area contributed by atoms with Gasteiger partial charge in [0.15, 0.2) is 0 Å². The maximum absolute atomic E-state index is 13.1. The van der Waals surface area contributed by atoms with Gasteiger partial charge in [-0.15, -0.1) is 4.28 Å². The van der Waals surface area contributed by atoms with Gasteiger partial charge in [-0.05, 0) is 11.1 Å². The van der Waals surface area contributed by atoms with Crippen molar-refractivity contribution in [2.24, 2.45) is 48.2 Å². The van der Waals surface area contributed by atoms with Crippen LogP contribution in [0.15, 0.2) is 105 Å². The molecule has 8 bridgehead atoms. The molecule has 4 fully saturated rings. The molecule has 8 aliphatic rings. The molecular weight excluding hydrogens is 1290 g/mol. The Balaban J connectivity index is 0.000000132. The number of aromatic nitrogens is 8. The van der Waals surface area contributed by atoms with Crippen molar-refractivity contribution < 1.29 is 71.0 Å². The summed E-state index contributed by atoms with van der Waals surface area (Å²) in [5, 5.41) is 40.7. The Kier molecular flexibility index (Phi) is 19.9. The quantitative estimate of drug-likeness (QED) is 0.0254. The van der Waals surface area contributed by atoms with E-state index in [4.69, 9.17) is 28.7 Å². The number of hydrogen-bond acceptors (Lipinski definition) is 22. The summed E-state index contributed by atoms with van der Waals surface area (Å²) < 4.78 is 42.2. The second-order valence-corrected chi connectivity index (χ2v) is 23.7. The van der Waals surface area contributed by atoms with Crippen LogP contribution in [0.2, 0.25) is 0 Å². The van der Waals surface area contributed by atoms with Crippen LogP contribution < -0.4 is 21.9 Å². The number of aryl methyl sites for hydroxylation is 4. The highest BCUT2D eigenvalue weighted by molar-refractivity contribution is 7.80. The predicted octanol–water partition coefficient (Wildman–Crippen LogP) is 1.95. The van der Waals surface area contributed by atoms with Gasteiger partial charge in [-0.25, -0.2) is 19.2 Å². The van der Waals surface area contributed by atoms with Crippen LogP contribution in [0.25, 0.3) is 0 Å². The first-order valence-corrected chi connectivity index (χ1v) is 31.3. The average molecular weight is 1370 g/mol. The van der Waals surface area contributed by atoms with E-state index in [1.54, 1.807) is 87.3 Å². The number of aliphatic imine (C=N–C) groups is 4.